The first-order valence-corrected chi connectivity index (χ1v) is 20.0. The van der Waals surface area contributed by atoms with E-state index < -0.39 is 87.9 Å². The number of methoxy groups -OCH3 is 1. The van der Waals surface area contributed by atoms with Crippen LogP contribution in [0.5, 0.6) is 0 Å². The average Bonchev–Trinajstić information content (AvgIpc) is 3.28. The lowest BCUT2D eigenvalue weighted by atomic mass is 9.73. The van der Waals surface area contributed by atoms with Crippen LogP contribution >= 0.6 is 0 Å². The molecule has 3 rings (SSSR count). The zero-order valence-corrected chi connectivity index (χ0v) is 37.3. The molecule has 1 aromatic rings. The van der Waals surface area contributed by atoms with Gasteiger partial charge in [0.25, 0.3) is 0 Å². The van der Waals surface area contributed by atoms with Crippen molar-refractivity contribution in [3.8, 4) is 0 Å². The van der Waals surface area contributed by atoms with Gasteiger partial charge in [0.05, 0.1) is 0 Å². The number of hydrogen-bond acceptors (Lipinski definition) is 14. The maximum absolute atomic E-state index is 15.1. The molecule has 1 N–H and O–H groups in total. The maximum Gasteiger partial charge on any atom is 0.346 e. The molecule has 14 nitrogen and oxygen atoms in total. The summed E-state index contributed by atoms with van der Waals surface area (Å²) in [7, 11) is 1.38. The average molecular weight is 821 g/mol. The molecule has 0 radical (unpaired) electrons. The third-order valence-corrected chi connectivity index (χ3v) is 9.58. The predicted molar refractivity (Wildman–Crippen MR) is 213 cm³/mol. The number of carbonyl (C=O) groups is 4. The van der Waals surface area contributed by atoms with E-state index in [1.807, 2.05) is 37.3 Å². The van der Waals surface area contributed by atoms with Gasteiger partial charge < -0.3 is 47.7 Å². The fourth-order valence-electron chi connectivity index (χ4n) is 7.17. The highest BCUT2D eigenvalue weighted by molar-refractivity contribution is 6.00. The van der Waals surface area contributed by atoms with E-state index in [0.717, 1.165) is 5.56 Å². The molecule has 328 valence electrons. The van der Waals surface area contributed by atoms with Crippen LogP contribution in [0.1, 0.15) is 122 Å². The van der Waals surface area contributed by atoms with Crippen LogP contribution in [-0.4, -0.2) is 107 Å². The molecule has 2 unspecified atom stereocenters. The molecule has 8 atom stereocenters. The number of aliphatic hydroxyl groups is 1. The van der Waals surface area contributed by atoms with Gasteiger partial charge in [0.2, 0.25) is 23.1 Å². The minimum Gasteiger partial charge on any atom is -0.458 e. The van der Waals surface area contributed by atoms with Crippen LogP contribution in [0.4, 0.5) is 0 Å². The Morgan fingerprint density at radius 1 is 0.879 bits per heavy atom. The van der Waals surface area contributed by atoms with Gasteiger partial charge in [-0.15, -0.1) is 0 Å². The Bertz CT molecular complexity index is 1620. The second-order valence-electron chi connectivity index (χ2n) is 18.7. The zero-order valence-electron chi connectivity index (χ0n) is 37.3. The van der Waals surface area contributed by atoms with E-state index in [-0.39, 0.29) is 31.8 Å². The largest absolute Gasteiger partial charge is 0.458 e. The topological polar surface area (TPSA) is 172 Å². The Balaban J connectivity index is 2.40. The number of hydrogen-bond donors (Lipinski definition) is 1. The van der Waals surface area contributed by atoms with Crippen molar-refractivity contribution in [1.29, 1.82) is 0 Å². The molecule has 2 heterocycles. The third kappa shape index (κ3) is 11.0. The second-order valence-corrected chi connectivity index (χ2v) is 18.7. The van der Waals surface area contributed by atoms with Gasteiger partial charge in [-0.3, -0.25) is 4.79 Å². The van der Waals surface area contributed by atoms with Crippen LogP contribution in [0.3, 0.4) is 0 Å². The van der Waals surface area contributed by atoms with Crippen LogP contribution in [0.2, 0.25) is 0 Å². The maximum atomic E-state index is 15.1. The Hall–Kier alpha value is -3.40. The fourth-order valence-corrected chi connectivity index (χ4v) is 7.17. The van der Waals surface area contributed by atoms with Crippen LogP contribution < -0.4 is 0 Å². The summed E-state index contributed by atoms with van der Waals surface area (Å²) >= 11 is 0. The number of ether oxygens (including phenoxy) is 9. The monoisotopic (exact) mass is 820 g/mol. The molecule has 0 spiro atoms. The molecule has 2 aliphatic rings. The Morgan fingerprint density at radius 3 is 1.93 bits per heavy atom. The Morgan fingerprint density at radius 2 is 1.43 bits per heavy atom. The second kappa shape index (κ2) is 18.1. The lowest BCUT2D eigenvalue weighted by Gasteiger charge is -2.53. The first kappa shape index (κ1) is 49.0. The van der Waals surface area contributed by atoms with E-state index in [4.69, 9.17) is 42.6 Å². The Kier molecular flexibility index (Phi) is 15.3. The van der Waals surface area contributed by atoms with Crippen LogP contribution in [0, 0.1) is 5.92 Å². The van der Waals surface area contributed by atoms with Gasteiger partial charge in [-0.05, 0) is 107 Å². The smallest absolute Gasteiger partial charge is 0.346 e. The van der Waals surface area contributed by atoms with Gasteiger partial charge in [-0.1, -0.05) is 50.8 Å². The van der Waals surface area contributed by atoms with Gasteiger partial charge in [-0.2, -0.15) is 0 Å². The van der Waals surface area contributed by atoms with Gasteiger partial charge in [0, 0.05) is 33.0 Å². The molecule has 2 bridgehead atoms. The van der Waals surface area contributed by atoms with Crippen molar-refractivity contribution in [2.45, 2.75) is 187 Å². The van der Waals surface area contributed by atoms with Gasteiger partial charge >= 0.3 is 23.9 Å². The minimum atomic E-state index is -2.89. The summed E-state index contributed by atoms with van der Waals surface area (Å²) in [6.07, 6.45) is -6.17. The molecular weight excluding hydrogens is 752 g/mol. The van der Waals surface area contributed by atoms with Gasteiger partial charge in [0.15, 0.2) is 5.79 Å². The summed E-state index contributed by atoms with van der Waals surface area (Å²) in [4.78, 5) is 57.3. The van der Waals surface area contributed by atoms with Crippen molar-refractivity contribution in [2.75, 3.05) is 13.7 Å². The van der Waals surface area contributed by atoms with Crippen molar-refractivity contribution in [2.24, 2.45) is 5.92 Å². The van der Waals surface area contributed by atoms with E-state index in [2.05, 4.69) is 6.58 Å². The van der Waals surface area contributed by atoms with Crippen molar-refractivity contribution in [3.63, 3.8) is 0 Å². The minimum absolute atomic E-state index is 0.0161. The van der Waals surface area contributed by atoms with E-state index in [1.54, 1.807) is 83.1 Å². The van der Waals surface area contributed by atoms with Crippen molar-refractivity contribution >= 4 is 23.9 Å². The number of esters is 4. The van der Waals surface area contributed by atoms with Crippen molar-refractivity contribution in [3.05, 3.63) is 48.0 Å². The standard InChI is InChI=1S/C44H68O14/c1-17-25-51-44(37(49)57-40(11,12)13)34(35(47)55-38(5,6)7)54-42(24-23-27(2)31(52-29(4)45)28(3)26-30-21-19-18-20-22-30)33(53-41(14,15)50-16)32(46)43(44,58-42)36(48)56-39(8,9)10/h18-22,28,31-34,46H,2,17,23-26H2,1,3-16H3/t28?,31?,32-,33-,34-,42-,43-,44-/m1/s1. The number of benzene rings is 1. The van der Waals surface area contributed by atoms with Crippen molar-refractivity contribution < 1.29 is 66.9 Å². The molecule has 2 fully saturated rings. The number of aliphatic hydroxyl groups excluding tert-OH is 1. The van der Waals surface area contributed by atoms with Crippen LogP contribution in [0.15, 0.2) is 42.5 Å². The highest BCUT2D eigenvalue weighted by atomic mass is 16.8. The molecule has 58 heavy (non-hydrogen) atoms. The lowest BCUT2D eigenvalue weighted by Crippen LogP contribution is -2.80. The lowest BCUT2D eigenvalue weighted by molar-refractivity contribution is -0.392. The van der Waals surface area contributed by atoms with Gasteiger partial charge in [-0.25, -0.2) is 14.4 Å². The first-order chi connectivity index (χ1) is 26.5. The van der Waals surface area contributed by atoms with E-state index in [9.17, 15) is 14.7 Å². The first-order valence-electron chi connectivity index (χ1n) is 20.0. The summed E-state index contributed by atoms with van der Waals surface area (Å²) in [6.45, 7) is 26.6. The summed E-state index contributed by atoms with van der Waals surface area (Å²) in [6, 6.07) is 9.68. The van der Waals surface area contributed by atoms with Crippen LogP contribution in [-0.2, 0) is 68.2 Å². The molecule has 2 saturated heterocycles. The van der Waals surface area contributed by atoms with E-state index in [1.165, 1.54) is 14.0 Å². The normalized spacial score (nSPS) is 27.3. The SMILES string of the molecule is C=C(CC[C@@]12O[C@H](C(=O)OC(C)(C)C)[C@@](OCCC)(C(=O)OC(C)(C)C)[C@@](C(=O)OC(C)(C)C)(O1)[C@H](O)[C@H]2OC(C)(C)OC)C(OC(C)=O)C(C)Cc1ccccc1. The highest BCUT2D eigenvalue weighted by Crippen LogP contribution is 2.59. The molecule has 0 amide bonds. The summed E-state index contributed by atoms with van der Waals surface area (Å²) in [5, 5.41) is 12.8. The summed E-state index contributed by atoms with van der Waals surface area (Å²) in [5.74, 6) is -8.09. The zero-order chi connectivity index (χ0) is 44.3. The fraction of sp³-hybridized carbons (Fsp3) is 0.727. The molecule has 0 aromatic heterocycles. The molecular formula is C44H68O14. The van der Waals surface area contributed by atoms with E-state index in [0.29, 0.717) is 12.0 Å². The highest BCUT2D eigenvalue weighted by Gasteiger charge is 2.87. The molecule has 1 aromatic carbocycles. The quantitative estimate of drug-likeness (QED) is 0.0802. The van der Waals surface area contributed by atoms with Gasteiger partial charge in [0.1, 0.15) is 35.1 Å². The molecule has 0 saturated carbocycles. The van der Waals surface area contributed by atoms with Crippen molar-refractivity contribution in [1.82, 2.24) is 0 Å². The number of rotatable bonds is 17. The Labute approximate surface area is 344 Å². The molecule has 0 aliphatic carbocycles. The summed E-state index contributed by atoms with van der Waals surface area (Å²) in [5.41, 5.74) is -7.87. The number of carbonyl (C=O) groups excluding carboxylic acids is 4. The third-order valence-electron chi connectivity index (χ3n) is 9.58. The summed E-state index contributed by atoms with van der Waals surface area (Å²) < 4.78 is 55.7. The molecule has 14 heteroatoms. The molecule has 2 aliphatic heterocycles. The predicted octanol–water partition coefficient (Wildman–Crippen LogP) is 6.32. The number of fused-ring (bicyclic) bond motifs is 2. The van der Waals surface area contributed by atoms with E-state index >= 15 is 9.59 Å². The van der Waals surface area contributed by atoms with Crippen LogP contribution in [0.25, 0.3) is 0 Å².